The molecular formula is C13H19N3O2. The van der Waals surface area contributed by atoms with Crippen LogP contribution < -0.4 is 5.32 Å². The summed E-state index contributed by atoms with van der Waals surface area (Å²) >= 11 is 0. The molecule has 0 radical (unpaired) electrons. The van der Waals surface area contributed by atoms with E-state index in [4.69, 9.17) is 0 Å². The first-order chi connectivity index (χ1) is 8.51. The minimum atomic E-state index is -0.535. The summed E-state index contributed by atoms with van der Waals surface area (Å²) in [6.45, 7) is 3.30. The van der Waals surface area contributed by atoms with Crippen molar-refractivity contribution in [3.63, 3.8) is 0 Å². The predicted molar refractivity (Wildman–Crippen MR) is 69.2 cm³/mol. The lowest BCUT2D eigenvalue weighted by molar-refractivity contribution is 0.0719. The molecule has 5 nitrogen and oxygen atoms in total. The number of hydrogen-bond acceptors (Lipinski definition) is 4. The molecule has 2 rings (SSSR count). The van der Waals surface area contributed by atoms with Gasteiger partial charge in [0.1, 0.15) is 0 Å². The minimum absolute atomic E-state index is 0.0175. The Kier molecular flexibility index (Phi) is 3.36. The molecule has 0 bridgehead atoms. The summed E-state index contributed by atoms with van der Waals surface area (Å²) < 4.78 is 0. The summed E-state index contributed by atoms with van der Waals surface area (Å²) in [5.41, 5.74) is 1.18. The molecule has 0 aliphatic carbocycles. The molecule has 0 amide bonds. The summed E-state index contributed by atoms with van der Waals surface area (Å²) in [5.74, 6) is 0.0175. The third-order valence-electron chi connectivity index (χ3n) is 3.76. The van der Waals surface area contributed by atoms with Gasteiger partial charge < -0.3 is 10.3 Å². The van der Waals surface area contributed by atoms with Gasteiger partial charge in [0.05, 0.1) is 11.2 Å². The highest BCUT2D eigenvalue weighted by Gasteiger charge is 2.44. The molecule has 0 spiro atoms. The van der Waals surface area contributed by atoms with Crippen molar-refractivity contribution in [2.45, 2.75) is 18.9 Å². The van der Waals surface area contributed by atoms with Gasteiger partial charge in [-0.2, -0.15) is 0 Å². The maximum absolute atomic E-state index is 12.7. The zero-order valence-corrected chi connectivity index (χ0v) is 11.0. The highest BCUT2D eigenvalue weighted by molar-refractivity contribution is 6.08. The van der Waals surface area contributed by atoms with Crippen molar-refractivity contribution < 1.29 is 9.59 Å². The molecule has 1 saturated heterocycles. The Morgan fingerprint density at radius 2 is 2.22 bits per heavy atom. The van der Waals surface area contributed by atoms with Crippen molar-refractivity contribution in [3.8, 4) is 0 Å². The highest BCUT2D eigenvalue weighted by atomic mass is 16.1. The number of carbonyl (C=O) groups is 2. The maximum Gasteiger partial charge on any atom is 0.186 e. The van der Waals surface area contributed by atoms with E-state index in [-0.39, 0.29) is 5.78 Å². The van der Waals surface area contributed by atoms with Crippen LogP contribution in [0.3, 0.4) is 0 Å². The van der Waals surface area contributed by atoms with E-state index < -0.39 is 5.54 Å². The summed E-state index contributed by atoms with van der Waals surface area (Å²) in [6.07, 6.45) is 1.48. The summed E-state index contributed by atoms with van der Waals surface area (Å²) in [7, 11) is 3.82. The zero-order valence-electron chi connectivity index (χ0n) is 11.0. The van der Waals surface area contributed by atoms with Crippen LogP contribution in [0.1, 0.15) is 33.0 Å². The summed E-state index contributed by atoms with van der Waals surface area (Å²) in [5, 5.41) is 3.23. The lowest BCUT2D eigenvalue weighted by Crippen LogP contribution is -2.52. The molecule has 2 N–H and O–H groups in total. The molecule has 18 heavy (non-hydrogen) atoms. The number of nitrogens with zero attached hydrogens (tertiary/aromatic N) is 1. The van der Waals surface area contributed by atoms with Gasteiger partial charge in [-0.05, 0) is 40.1 Å². The quantitative estimate of drug-likeness (QED) is 0.606. The molecular weight excluding hydrogens is 230 g/mol. The fourth-order valence-corrected chi connectivity index (χ4v) is 2.60. The number of aldehydes is 1. The van der Waals surface area contributed by atoms with Crippen LogP contribution in [0.5, 0.6) is 0 Å². The number of nitrogens with one attached hydrogen (secondary N) is 2. The van der Waals surface area contributed by atoms with E-state index >= 15 is 0 Å². The maximum atomic E-state index is 12.7. The molecule has 1 atom stereocenters. The summed E-state index contributed by atoms with van der Waals surface area (Å²) in [4.78, 5) is 28.6. The number of aromatic amines is 1. The van der Waals surface area contributed by atoms with Crippen LogP contribution >= 0.6 is 0 Å². The standard InChI is InChI=1S/C13H19N3O2/c1-9-6-10(11(7-17)15-9)12(18)13(16(2)3)4-5-14-8-13/h6-7,14-15H,4-5,8H2,1-3H3/t13-/m0/s1. The van der Waals surface area contributed by atoms with E-state index in [1.165, 1.54) is 0 Å². The monoisotopic (exact) mass is 249 g/mol. The van der Waals surface area contributed by atoms with Crippen molar-refractivity contribution in [1.82, 2.24) is 15.2 Å². The number of rotatable bonds is 4. The highest BCUT2D eigenvalue weighted by Crippen LogP contribution is 2.27. The molecule has 0 aromatic carbocycles. The Morgan fingerprint density at radius 3 is 2.72 bits per heavy atom. The van der Waals surface area contributed by atoms with Crippen molar-refractivity contribution in [2.24, 2.45) is 0 Å². The normalized spacial score (nSPS) is 23.6. The Hall–Kier alpha value is -1.46. The van der Waals surface area contributed by atoms with Crippen molar-refractivity contribution in [2.75, 3.05) is 27.2 Å². The Labute approximate surface area is 107 Å². The zero-order chi connectivity index (χ0) is 13.3. The van der Waals surface area contributed by atoms with Gasteiger partial charge in [-0.25, -0.2) is 0 Å². The second-order valence-electron chi connectivity index (χ2n) is 5.08. The molecule has 5 heteroatoms. The Balaban J connectivity index is 2.43. The van der Waals surface area contributed by atoms with Crippen molar-refractivity contribution in [3.05, 3.63) is 23.0 Å². The largest absolute Gasteiger partial charge is 0.356 e. The van der Waals surface area contributed by atoms with Gasteiger partial charge in [0, 0.05) is 17.8 Å². The van der Waals surface area contributed by atoms with Crippen molar-refractivity contribution in [1.29, 1.82) is 0 Å². The molecule has 1 fully saturated rings. The average Bonchev–Trinajstić information content (AvgIpc) is 2.94. The molecule has 98 valence electrons. The Morgan fingerprint density at radius 1 is 1.50 bits per heavy atom. The molecule has 2 heterocycles. The second kappa shape index (κ2) is 4.66. The lowest BCUT2D eigenvalue weighted by Gasteiger charge is -2.33. The van der Waals surface area contributed by atoms with Crippen LogP contribution in [0.4, 0.5) is 0 Å². The van der Waals surface area contributed by atoms with Crippen LogP contribution in [-0.2, 0) is 0 Å². The van der Waals surface area contributed by atoms with Gasteiger partial charge in [-0.1, -0.05) is 0 Å². The van der Waals surface area contributed by atoms with Gasteiger partial charge in [0.2, 0.25) is 0 Å². The minimum Gasteiger partial charge on any atom is -0.356 e. The predicted octanol–water partition coefficient (Wildman–Crippen LogP) is 0.612. The number of ketones is 1. The van der Waals surface area contributed by atoms with E-state index in [9.17, 15) is 9.59 Å². The van der Waals surface area contributed by atoms with Gasteiger partial charge >= 0.3 is 0 Å². The first-order valence-corrected chi connectivity index (χ1v) is 6.09. The molecule has 0 saturated carbocycles. The lowest BCUT2D eigenvalue weighted by atomic mass is 9.87. The fraction of sp³-hybridized carbons (Fsp3) is 0.538. The van der Waals surface area contributed by atoms with E-state index in [1.54, 1.807) is 6.07 Å². The number of aromatic nitrogens is 1. The van der Waals surface area contributed by atoms with Crippen LogP contribution in [0.2, 0.25) is 0 Å². The Bertz CT molecular complexity index is 471. The van der Waals surface area contributed by atoms with Crippen LogP contribution in [-0.4, -0.2) is 54.7 Å². The van der Waals surface area contributed by atoms with E-state index in [0.29, 0.717) is 24.1 Å². The number of carbonyl (C=O) groups excluding carboxylic acids is 2. The molecule has 0 unspecified atom stereocenters. The van der Waals surface area contributed by atoms with Crippen LogP contribution in [0.25, 0.3) is 0 Å². The van der Waals surface area contributed by atoms with E-state index in [0.717, 1.165) is 18.7 Å². The number of Topliss-reactive ketones (excluding diaryl/α,β-unsaturated/α-hetero) is 1. The number of hydrogen-bond donors (Lipinski definition) is 2. The summed E-state index contributed by atoms with van der Waals surface area (Å²) in [6, 6.07) is 1.76. The molecule has 1 aliphatic heterocycles. The topological polar surface area (TPSA) is 65.2 Å². The van der Waals surface area contributed by atoms with Crippen LogP contribution in [0.15, 0.2) is 6.07 Å². The van der Waals surface area contributed by atoms with Gasteiger partial charge in [0.15, 0.2) is 12.1 Å². The van der Waals surface area contributed by atoms with E-state index in [1.807, 2.05) is 25.9 Å². The van der Waals surface area contributed by atoms with Gasteiger partial charge in [0.25, 0.3) is 0 Å². The average molecular weight is 249 g/mol. The molecule has 1 aromatic heterocycles. The number of aryl methyl sites for hydroxylation is 1. The van der Waals surface area contributed by atoms with Crippen LogP contribution in [0, 0.1) is 6.92 Å². The SMILES string of the molecule is Cc1cc(C(=O)[C@]2(N(C)C)CCNC2)c(C=O)[nH]1. The first-order valence-electron chi connectivity index (χ1n) is 6.09. The van der Waals surface area contributed by atoms with Gasteiger partial charge in [-0.15, -0.1) is 0 Å². The molecule has 1 aromatic rings. The van der Waals surface area contributed by atoms with E-state index in [2.05, 4.69) is 10.3 Å². The smallest absolute Gasteiger partial charge is 0.186 e. The second-order valence-corrected chi connectivity index (χ2v) is 5.08. The third-order valence-corrected chi connectivity index (χ3v) is 3.76. The number of H-pyrrole nitrogens is 1. The number of likely N-dealkylation sites (N-methyl/N-ethyl adjacent to an activating group) is 1. The van der Waals surface area contributed by atoms with Crippen molar-refractivity contribution >= 4 is 12.1 Å². The molecule has 1 aliphatic rings. The first kappa shape index (κ1) is 13.0. The third kappa shape index (κ3) is 1.89. The van der Waals surface area contributed by atoms with Gasteiger partial charge in [-0.3, -0.25) is 14.5 Å². The fourth-order valence-electron chi connectivity index (χ4n) is 2.60.